The Morgan fingerprint density at radius 3 is 2.77 bits per heavy atom. The number of benzene rings is 1. The molecule has 2 atom stereocenters. The van der Waals surface area contributed by atoms with Crippen molar-refractivity contribution in [3.05, 3.63) is 89.0 Å². The van der Waals surface area contributed by atoms with Crippen LogP contribution in [0.15, 0.2) is 72.1 Å². The summed E-state index contributed by atoms with van der Waals surface area (Å²) in [6.45, 7) is 9.72. The molecule has 3 aliphatic rings. The summed E-state index contributed by atoms with van der Waals surface area (Å²) in [4.78, 5) is 26.9. The largest absolute Gasteiger partial charge is 0.457 e. The van der Waals surface area contributed by atoms with Gasteiger partial charge in [0.1, 0.15) is 17.3 Å². The van der Waals surface area contributed by atoms with Crippen LogP contribution in [0.25, 0.3) is 0 Å². The van der Waals surface area contributed by atoms with E-state index in [1.165, 1.54) is 0 Å². The van der Waals surface area contributed by atoms with Crippen molar-refractivity contribution in [1.82, 2.24) is 20.0 Å². The van der Waals surface area contributed by atoms with Crippen LogP contribution in [0, 0.1) is 12.7 Å². The van der Waals surface area contributed by atoms with E-state index in [0.717, 1.165) is 17.7 Å². The molecule has 2 N–H and O–H groups in total. The number of hydrogen-bond acceptors (Lipinski definition) is 5. The van der Waals surface area contributed by atoms with E-state index in [0.29, 0.717) is 29.2 Å². The minimum Gasteiger partial charge on any atom is -0.457 e. The summed E-state index contributed by atoms with van der Waals surface area (Å²) in [5.41, 5.74) is 2.63. The van der Waals surface area contributed by atoms with E-state index in [4.69, 9.17) is 4.74 Å². The zero-order chi connectivity index (χ0) is 27.9. The molecule has 2 amide bonds. The Kier molecular flexibility index (Phi) is 6.92. The van der Waals surface area contributed by atoms with Crippen LogP contribution in [0.3, 0.4) is 0 Å². The maximum absolute atomic E-state index is 15.4. The number of anilines is 1. The lowest BCUT2D eigenvalue weighted by Crippen LogP contribution is -2.34. The van der Waals surface area contributed by atoms with Crippen LogP contribution in [0.2, 0.25) is 0 Å². The van der Waals surface area contributed by atoms with Gasteiger partial charge in [0.05, 0.1) is 29.9 Å². The Bertz CT molecular complexity index is 1440. The van der Waals surface area contributed by atoms with Gasteiger partial charge in [0, 0.05) is 41.7 Å². The molecule has 1 aromatic heterocycles. The number of likely N-dealkylation sites (tertiary alicyclic amines) is 1. The van der Waals surface area contributed by atoms with Gasteiger partial charge in [-0.3, -0.25) is 14.3 Å². The summed E-state index contributed by atoms with van der Waals surface area (Å²) in [6.07, 6.45) is 14.1. The second-order valence-corrected chi connectivity index (χ2v) is 11.2. The third kappa shape index (κ3) is 5.39. The SMILES string of the molecule is Cc1c(OC2=C3C=C(N4C(=O)CCC4C)C=CC3NC=C2)ccc(CC(=O)Nc2cnn(C(C)(C)C)c2)c1F. The van der Waals surface area contributed by atoms with Gasteiger partial charge in [0.15, 0.2) is 0 Å². The molecule has 0 saturated carbocycles. The van der Waals surface area contributed by atoms with Gasteiger partial charge in [-0.1, -0.05) is 12.1 Å². The van der Waals surface area contributed by atoms with Crippen molar-refractivity contribution in [2.24, 2.45) is 0 Å². The first-order chi connectivity index (χ1) is 18.5. The monoisotopic (exact) mass is 531 g/mol. The number of ether oxygens (including phenoxy) is 1. The molecule has 3 heterocycles. The first-order valence-electron chi connectivity index (χ1n) is 13.2. The van der Waals surface area contributed by atoms with Crippen LogP contribution >= 0.6 is 0 Å². The van der Waals surface area contributed by atoms with Crippen molar-refractivity contribution in [3.63, 3.8) is 0 Å². The summed E-state index contributed by atoms with van der Waals surface area (Å²) in [5, 5.41) is 10.3. The van der Waals surface area contributed by atoms with Crippen LogP contribution in [0.1, 0.15) is 51.7 Å². The van der Waals surface area contributed by atoms with Crippen LogP contribution in [0.5, 0.6) is 5.75 Å². The summed E-state index contributed by atoms with van der Waals surface area (Å²) in [6, 6.07) is 3.29. The van der Waals surface area contributed by atoms with Gasteiger partial charge in [-0.05, 0) is 70.9 Å². The van der Waals surface area contributed by atoms with E-state index >= 15 is 4.39 Å². The maximum Gasteiger partial charge on any atom is 0.228 e. The van der Waals surface area contributed by atoms with E-state index < -0.39 is 5.82 Å². The molecule has 0 radical (unpaired) electrons. The fourth-order valence-corrected chi connectivity index (χ4v) is 4.98. The number of hydrogen-bond donors (Lipinski definition) is 2. The number of allylic oxidation sites excluding steroid dienone is 2. The molecular weight excluding hydrogens is 497 g/mol. The van der Waals surface area contributed by atoms with Crippen molar-refractivity contribution < 1.29 is 18.7 Å². The lowest BCUT2D eigenvalue weighted by atomic mass is 9.96. The minimum atomic E-state index is -0.482. The summed E-state index contributed by atoms with van der Waals surface area (Å²) in [7, 11) is 0. The predicted octanol–water partition coefficient (Wildman–Crippen LogP) is 4.85. The molecule has 0 bridgehead atoms. The summed E-state index contributed by atoms with van der Waals surface area (Å²) >= 11 is 0. The normalized spacial score (nSPS) is 20.6. The first-order valence-corrected chi connectivity index (χ1v) is 13.2. The van der Waals surface area contributed by atoms with Gasteiger partial charge in [-0.2, -0.15) is 5.10 Å². The average molecular weight is 532 g/mol. The fourth-order valence-electron chi connectivity index (χ4n) is 4.98. The molecule has 1 aromatic carbocycles. The standard InChI is InChI=1S/C30H34FN5O3/c1-18-6-11-28(38)36(18)22-8-9-24-23(15-22)26(12-13-32-24)39-25-10-7-20(29(31)19(25)2)14-27(37)34-21-16-33-35(17-21)30(3,4)5/h7-10,12-13,15-18,24,32H,6,11,14H2,1-5H3,(H,34,37). The van der Waals surface area contributed by atoms with Crippen molar-refractivity contribution in [2.75, 3.05) is 5.32 Å². The highest BCUT2D eigenvalue weighted by Gasteiger charge is 2.32. The van der Waals surface area contributed by atoms with E-state index in [1.807, 2.05) is 50.8 Å². The molecule has 1 aliphatic carbocycles. The van der Waals surface area contributed by atoms with Gasteiger partial charge in [0.25, 0.3) is 0 Å². The summed E-state index contributed by atoms with van der Waals surface area (Å²) < 4.78 is 23.3. The highest BCUT2D eigenvalue weighted by Crippen LogP contribution is 2.33. The molecule has 0 spiro atoms. The van der Waals surface area contributed by atoms with E-state index in [-0.39, 0.29) is 41.4 Å². The predicted molar refractivity (Wildman–Crippen MR) is 147 cm³/mol. The van der Waals surface area contributed by atoms with Crippen LogP contribution in [-0.2, 0) is 21.5 Å². The number of rotatable bonds is 6. The minimum absolute atomic E-state index is 0.111. The zero-order valence-electron chi connectivity index (χ0n) is 22.9. The van der Waals surface area contributed by atoms with Gasteiger partial charge >= 0.3 is 0 Å². The molecule has 39 heavy (non-hydrogen) atoms. The molecule has 9 heteroatoms. The number of halogens is 1. The quantitative estimate of drug-likeness (QED) is 0.557. The number of aromatic nitrogens is 2. The topological polar surface area (TPSA) is 88.5 Å². The first kappa shape index (κ1) is 26.5. The van der Waals surface area contributed by atoms with Crippen molar-refractivity contribution >= 4 is 17.5 Å². The Morgan fingerprint density at radius 1 is 1.28 bits per heavy atom. The number of carbonyl (C=O) groups excluding carboxylic acids is 2. The third-order valence-corrected chi connectivity index (χ3v) is 7.20. The molecule has 1 fully saturated rings. The molecule has 2 aromatic rings. The number of amides is 2. The molecular formula is C30H34FN5O3. The molecule has 2 aliphatic heterocycles. The van der Waals surface area contributed by atoms with Crippen molar-refractivity contribution in [1.29, 1.82) is 0 Å². The second-order valence-electron chi connectivity index (χ2n) is 11.2. The molecule has 204 valence electrons. The van der Waals surface area contributed by atoms with E-state index in [9.17, 15) is 9.59 Å². The Balaban J connectivity index is 1.33. The molecule has 8 nitrogen and oxygen atoms in total. The van der Waals surface area contributed by atoms with Crippen LogP contribution in [-0.4, -0.2) is 38.6 Å². The number of nitrogens with one attached hydrogen (secondary N) is 2. The number of nitrogens with zero attached hydrogens (tertiary/aromatic N) is 3. The Hall–Kier alpha value is -4.14. The van der Waals surface area contributed by atoms with Crippen LogP contribution < -0.4 is 15.4 Å². The van der Waals surface area contributed by atoms with Crippen LogP contribution in [0.4, 0.5) is 10.1 Å². The number of dihydropyridines is 1. The van der Waals surface area contributed by atoms with Crippen molar-refractivity contribution in [3.8, 4) is 5.75 Å². The molecule has 2 unspecified atom stereocenters. The highest BCUT2D eigenvalue weighted by molar-refractivity contribution is 5.92. The lowest BCUT2D eigenvalue weighted by molar-refractivity contribution is -0.126. The fraction of sp³-hybridized carbons (Fsp3) is 0.367. The second kappa shape index (κ2) is 10.2. The van der Waals surface area contributed by atoms with Gasteiger partial charge in [-0.25, -0.2) is 4.39 Å². The molecule has 1 saturated heterocycles. The van der Waals surface area contributed by atoms with E-state index in [2.05, 4.69) is 15.7 Å². The maximum atomic E-state index is 15.4. The van der Waals surface area contributed by atoms with E-state index in [1.54, 1.807) is 48.4 Å². The Labute approximate surface area is 227 Å². The Morgan fingerprint density at radius 2 is 2.08 bits per heavy atom. The van der Waals surface area contributed by atoms with Gasteiger partial charge in [0.2, 0.25) is 11.8 Å². The average Bonchev–Trinajstić information content (AvgIpc) is 3.49. The number of carbonyl (C=O) groups is 2. The molecule has 5 rings (SSSR count). The number of fused-ring (bicyclic) bond motifs is 1. The smallest absolute Gasteiger partial charge is 0.228 e. The zero-order valence-corrected chi connectivity index (χ0v) is 22.9. The third-order valence-electron chi connectivity index (χ3n) is 7.20. The highest BCUT2D eigenvalue weighted by atomic mass is 19.1. The van der Waals surface area contributed by atoms with Gasteiger partial charge in [-0.15, -0.1) is 0 Å². The summed E-state index contributed by atoms with van der Waals surface area (Å²) in [5.74, 6) is 0.237. The van der Waals surface area contributed by atoms with Crippen molar-refractivity contribution in [2.45, 2.75) is 71.5 Å². The lowest BCUT2D eigenvalue weighted by Gasteiger charge is -2.30. The van der Waals surface area contributed by atoms with Gasteiger partial charge < -0.3 is 20.3 Å².